The number of benzene rings is 4. The normalized spacial score (nSPS) is 10.9. The molecule has 31 heavy (non-hydrogen) atoms. The third kappa shape index (κ3) is 3.71. The summed E-state index contributed by atoms with van der Waals surface area (Å²) >= 11 is 0. The number of carbonyl (C=O) groups excluding carboxylic acids is 1. The number of nitrogens with zero attached hydrogens (tertiary/aromatic N) is 1. The van der Waals surface area contributed by atoms with Crippen molar-refractivity contribution >= 4 is 27.6 Å². The summed E-state index contributed by atoms with van der Waals surface area (Å²) in [4.78, 5) is 17.9. The van der Waals surface area contributed by atoms with Crippen LogP contribution in [0, 0.1) is 0 Å². The molecule has 0 N–H and O–H groups in total. The lowest BCUT2D eigenvalue weighted by Gasteiger charge is -2.11. The van der Waals surface area contributed by atoms with Crippen molar-refractivity contribution < 1.29 is 14.3 Å². The second-order valence-electron chi connectivity index (χ2n) is 7.20. The van der Waals surface area contributed by atoms with Gasteiger partial charge in [-0.3, -0.25) is 0 Å². The van der Waals surface area contributed by atoms with Crippen LogP contribution in [-0.2, 0) is 0 Å². The van der Waals surface area contributed by atoms with Gasteiger partial charge in [-0.15, -0.1) is 0 Å². The average Bonchev–Trinajstić information content (AvgIpc) is 2.83. The van der Waals surface area contributed by atoms with Crippen molar-refractivity contribution in [1.29, 1.82) is 0 Å². The quantitative estimate of drug-likeness (QED) is 0.261. The molecule has 0 bridgehead atoms. The van der Waals surface area contributed by atoms with Gasteiger partial charge in [-0.25, -0.2) is 9.78 Å². The standard InChI is InChI=1S/C27H19NO3/c1-30-21-13-11-19(12-14-21)26-17-24(23-8-4-5-9-25(23)28-26)27(29)31-22-15-10-18-6-2-3-7-20(18)16-22/h2-17H,1H3. The third-order valence-corrected chi connectivity index (χ3v) is 5.25. The molecule has 0 spiro atoms. The van der Waals surface area contributed by atoms with Crippen molar-refractivity contribution in [3.8, 4) is 22.8 Å². The number of hydrogen-bond acceptors (Lipinski definition) is 4. The van der Waals surface area contributed by atoms with Crippen molar-refractivity contribution in [2.24, 2.45) is 0 Å². The molecule has 0 unspecified atom stereocenters. The Balaban J connectivity index is 1.56. The first-order valence-electron chi connectivity index (χ1n) is 9.96. The molecule has 1 aromatic heterocycles. The molecule has 0 aliphatic carbocycles. The van der Waals surface area contributed by atoms with E-state index in [1.165, 1.54) is 0 Å². The molecule has 0 aliphatic heterocycles. The molecule has 0 saturated heterocycles. The molecule has 0 aliphatic rings. The molecule has 5 rings (SSSR count). The van der Waals surface area contributed by atoms with Gasteiger partial charge in [0.25, 0.3) is 0 Å². The number of pyridine rings is 1. The zero-order valence-corrected chi connectivity index (χ0v) is 16.9. The Morgan fingerprint density at radius 2 is 1.45 bits per heavy atom. The van der Waals surface area contributed by atoms with E-state index in [9.17, 15) is 4.79 Å². The predicted octanol–water partition coefficient (Wildman–Crippen LogP) is 6.28. The smallest absolute Gasteiger partial charge is 0.344 e. The van der Waals surface area contributed by atoms with E-state index < -0.39 is 5.97 Å². The maximum absolute atomic E-state index is 13.2. The van der Waals surface area contributed by atoms with Crippen LogP contribution < -0.4 is 9.47 Å². The molecule has 0 atom stereocenters. The van der Waals surface area contributed by atoms with Gasteiger partial charge in [-0.05, 0) is 59.3 Å². The summed E-state index contributed by atoms with van der Waals surface area (Å²) in [5.74, 6) is 0.861. The van der Waals surface area contributed by atoms with Crippen LogP contribution in [0.4, 0.5) is 0 Å². The molecule has 4 nitrogen and oxygen atoms in total. The average molecular weight is 405 g/mol. The van der Waals surface area contributed by atoms with E-state index in [2.05, 4.69) is 0 Å². The fourth-order valence-corrected chi connectivity index (χ4v) is 3.65. The maximum atomic E-state index is 13.2. The zero-order chi connectivity index (χ0) is 21.2. The van der Waals surface area contributed by atoms with Gasteiger partial charge in [0.05, 0.1) is 23.9 Å². The Kier molecular flexibility index (Phi) is 4.81. The molecule has 0 radical (unpaired) electrons. The Labute approximate surface area is 179 Å². The van der Waals surface area contributed by atoms with Crippen molar-refractivity contribution in [2.45, 2.75) is 0 Å². The van der Waals surface area contributed by atoms with Gasteiger partial charge in [-0.1, -0.05) is 48.5 Å². The molecular formula is C27H19NO3. The fraction of sp³-hybridized carbons (Fsp3) is 0.0370. The van der Waals surface area contributed by atoms with Crippen LogP contribution in [-0.4, -0.2) is 18.1 Å². The summed E-state index contributed by atoms with van der Waals surface area (Å²) in [6.07, 6.45) is 0. The number of aromatic nitrogens is 1. The van der Waals surface area contributed by atoms with Crippen molar-refractivity contribution in [2.75, 3.05) is 7.11 Å². The number of methoxy groups -OCH3 is 1. The monoisotopic (exact) mass is 405 g/mol. The van der Waals surface area contributed by atoms with Crippen LogP contribution in [0.5, 0.6) is 11.5 Å². The van der Waals surface area contributed by atoms with E-state index in [-0.39, 0.29) is 0 Å². The van der Waals surface area contributed by atoms with E-state index in [0.717, 1.165) is 33.0 Å². The summed E-state index contributed by atoms with van der Waals surface area (Å²) < 4.78 is 11.0. The fourth-order valence-electron chi connectivity index (χ4n) is 3.65. The molecular weight excluding hydrogens is 386 g/mol. The zero-order valence-electron chi connectivity index (χ0n) is 16.9. The van der Waals surface area contributed by atoms with Crippen LogP contribution >= 0.6 is 0 Å². The summed E-state index contributed by atoms with van der Waals surface area (Å²) in [6, 6.07) is 30.6. The van der Waals surface area contributed by atoms with Crippen LogP contribution in [0.15, 0.2) is 97.1 Å². The first-order chi connectivity index (χ1) is 15.2. The Hall–Kier alpha value is -4.18. The van der Waals surface area contributed by atoms with Gasteiger partial charge in [0.1, 0.15) is 11.5 Å². The van der Waals surface area contributed by atoms with E-state index in [4.69, 9.17) is 14.5 Å². The number of hydrogen-bond donors (Lipinski definition) is 0. The lowest BCUT2D eigenvalue weighted by atomic mass is 10.0. The van der Waals surface area contributed by atoms with Gasteiger partial charge in [0.15, 0.2) is 0 Å². The summed E-state index contributed by atoms with van der Waals surface area (Å²) in [6.45, 7) is 0. The Bertz CT molecular complexity index is 1410. The predicted molar refractivity (Wildman–Crippen MR) is 123 cm³/mol. The van der Waals surface area contributed by atoms with Gasteiger partial charge < -0.3 is 9.47 Å². The van der Waals surface area contributed by atoms with Crippen LogP contribution in [0.1, 0.15) is 10.4 Å². The third-order valence-electron chi connectivity index (χ3n) is 5.25. The highest BCUT2D eigenvalue weighted by Gasteiger charge is 2.16. The van der Waals surface area contributed by atoms with Crippen molar-refractivity contribution in [3.05, 3.63) is 103 Å². The molecule has 5 aromatic rings. The van der Waals surface area contributed by atoms with E-state index in [1.54, 1.807) is 13.2 Å². The van der Waals surface area contributed by atoms with Gasteiger partial charge in [-0.2, -0.15) is 0 Å². The molecule has 150 valence electrons. The lowest BCUT2D eigenvalue weighted by molar-refractivity contribution is 0.0737. The SMILES string of the molecule is COc1ccc(-c2cc(C(=O)Oc3ccc4ccccc4c3)c3ccccc3n2)cc1. The second-order valence-corrected chi connectivity index (χ2v) is 7.20. The molecule has 1 heterocycles. The van der Waals surface area contributed by atoms with E-state index >= 15 is 0 Å². The van der Waals surface area contributed by atoms with Crippen LogP contribution in [0.3, 0.4) is 0 Å². The number of fused-ring (bicyclic) bond motifs is 2. The molecule has 0 amide bonds. The molecule has 4 aromatic carbocycles. The maximum Gasteiger partial charge on any atom is 0.344 e. The van der Waals surface area contributed by atoms with Gasteiger partial charge >= 0.3 is 5.97 Å². The molecule has 0 fully saturated rings. The second kappa shape index (κ2) is 7.92. The highest BCUT2D eigenvalue weighted by Crippen LogP contribution is 2.28. The molecule has 0 saturated carbocycles. The number of rotatable bonds is 4. The van der Waals surface area contributed by atoms with E-state index in [0.29, 0.717) is 17.0 Å². The van der Waals surface area contributed by atoms with Gasteiger partial charge in [0, 0.05) is 10.9 Å². The van der Waals surface area contributed by atoms with Crippen LogP contribution in [0.2, 0.25) is 0 Å². The lowest BCUT2D eigenvalue weighted by Crippen LogP contribution is -2.10. The highest BCUT2D eigenvalue weighted by molar-refractivity contribution is 6.05. The summed E-state index contributed by atoms with van der Waals surface area (Å²) in [5, 5.41) is 2.87. The summed E-state index contributed by atoms with van der Waals surface area (Å²) in [5.41, 5.74) is 2.81. The number of para-hydroxylation sites is 1. The number of esters is 1. The van der Waals surface area contributed by atoms with Crippen molar-refractivity contribution in [1.82, 2.24) is 4.98 Å². The number of ether oxygens (including phenoxy) is 2. The summed E-state index contributed by atoms with van der Waals surface area (Å²) in [7, 11) is 1.63. The van der Waals surface area contributed by atoms with Gasteiger partial charge in [0.2, 0.25) is 0 Å². The first-order valence-corrected chi connectivity index (χ1v) is 9.96. The minimum absolute atomic E-state index is 0.413. The topological polar surface area (TPSA) is 48.4 Å². The Morgan fingerprint density at radius 3 is 2.26 bits per heavy atom. The minimum Gasteiger partial charge on any atom is -0.497 e. The molecule has 4 heteroatoms. The minimum atomic E-state index is -0.413. The first kappa shape index (κ1) is 18.8. The largest absolute Gasteiger partial charge is 0.497 e. The number of carbonyl (C=O) groups is 1. The van der Waals surface area contributed by atoms with Crippen LogP contribution in [0.25, 0.3) is 32.9 Å². The van der Waals surface area contributed by atoms with E-state index in [1.807, 2.05) is 91.0 Å². The Morgan fingerprint density at radius 1 is 0.742 bits per heavy atom. The van der Waals surface area contributed by atoms with Crippen molar-refractivity contribution in [3.63, 3.8) is 0 Å². The highest BCUT2D eigenvalue weighted by atomic mass is 16.5.